The first-order chi connectivity index (χ1) is 8.58. The molecule has 0 unspecified atom stereocenters. The van der Waals surface area contributed by atoms with Gasteiger partial charge in [0.2, 0.25) is 5.95 Å². The highest BCUT2D eigenvalue weighted by Gasteiger charge is 2.08. The number of rotatable bonds is 3. The smallest absolute Gasteiger partial charge is 0.223 e. The Balaban J connectivity index is 2.49. The number of nitrogens with two attached hydrogens (primary N) is 1. The van der Waals surface area contributed by atoms with Gasteiger partial charge in [-0.05, 0) is 37.1 Å². The molecule has 1 aromatic carbocycles. The number of nitrogens with zero attached hydrogens (tertiary/aromatic N) is 3. The molecule has 5 heteroatoms. The lowest BCUT2D eigenvalue weighted by molar-refractivity contribution is 0.627. The molecule has 1 heterocycles. The van der Waals surface area contributed by atoms with E-state index in [0.717, 1.165) is 18.4 Å². The van der Waals surface area contributed by atoms with Crippen LogP contribution < -0.4 is 5.73 Å². The Morgan fingerprint density at radius 3 is 2.61 bits per heavy atom. The quantitative estimate of drug-likeness (QED) is 0.903. The van der Waals surface area contributed by atoms with Crippen LogP contribution in [0.5, 0.6) is 0 Å². The molecule has 2 rings (SSSR count). The van der Waals surface area contributed by atoms with Gasteiger partial charge in [-0.3, -0.25) is 0 Å². The van der Waals surface area contributed by atoms with E-state index in [4.69, 9.17) is 5.73 Å². The summed E-state index contributed by atoms with van der Waals surface area (Å²) in [6, 6.07) is 4.69. The first-order valence-corrected chi connectivity index (χ1v) is 5.86. The summed E-state index contributed by atoms with van der Waals surface area (Å²) in [6.45, 7) is 3.86. The van der Waals surface area contributed by atoms with Crippen LogP contribution in [0.2, 0.25) is 0 Å². The van der Waals surface area contributed by atoms with Gasteiger partial charge in [0.15, 0.2) is 5.82 Å². The molecule has 0 atom stereocenters. The minimum Gasteiger partial charge on any atom is -0.368 e. The van der Waals surface area contributed by atoms with Crippen molar-refractivity contribution < 1.29 is 4.39 Å². The lowest BCUT2D eigenvalue weighted by Crippen LogP contribution is -2.05. The number of anilines is 1. The van der Waals surface area contributed by atoms with E-state index in [-0.39, 0.29) is 11.8 Å². The molecule has 0 radical (unpaired) electrons. The Morgan fingerprint density at radius 1 is 1.17 bits per heavy atom. The van der Waals surface area contributed by atoms with E-state index in [2.05, 4.69) is 15.0 Å². The zero-order valence-corrected chi connectivity index (χ0v) is 10.4. The molecule has 0 aliphatic carbocycles. The molecule has 0 spiro atoms. The molecule has 0 aliphatic heterocycles. The first-order valence-electron chi connectivity index (χ1n) is 5.86. The predicted molar refractivity (Wildman–Crippen MR) is 68.4 cm³/mol. The number of halogens is 1. The second-order valence-electron chi connectivity index (χ2n) is 4.20. The van der Waals surface area contributed by atoms with Crippen molar-refractivity contribution in [2.45, 2.75) is 26.7 Å². The first kappa shape index (κ1) is 12.4. The van der Waals surface area contributed by atoms with Gasteiger partial charge < -0.3 is 5.73 Å². The van der Waals surface area contributed by atoms with Gasteiger partial charge in [-0.1, -0.05) is 6.92 Å². The lowest BCUT2D eigenvalue weighted by Gasteiger charge is -2.05. The number of aromatic nitrogens is 3. The predicted octanol–water partition coefficient (Wildman–Crippen LogP) is 2.52. The largest absolute Gasteiger partial charge is 0.368 e. The molecule has 0 saturated carbocycles. The lowest BCUT2D eigenvalue weighted by atomic mass is 10.1. The maximum atomic E-state index is 13.4. The Kier molecular flexibility index (Phi) is 3.50. The van der Waals surface area contributed by atoms with Crippen LogP contribution in [0.15, 0.2) is 18.2 Å². The molecule has 0 aliphatic rings. The monoisotopic (exact) mass is 246 g/mol. The molecule has 0 bridgehead atoms. The van der Waals surface area contributed by atoms with Gasteiger partial charge in [-0.15, -0.1) is 0 Å². The summed E-state index contributed by atoms with van der Waals surface area (Å²) in [5, 5.41) is 0. The molecule has 0 amide bonds. The van der Waals surface area contributed by atoms with E-state index >= 15 is 0 Å². The summed E-state index contributed by atoms with van der Waals surface area (Å²) in [5.41, 5.74) is 7.09. The zero-order chi connectivity index (χ0) is 13.1. The number of hydrogen-bond donors (Lipinski definition) is 1. The van der Waals surface area contributed by atoms with E-state index in [1.165, 1.54) is 12.1 Å². The van der Waals surface area contributed by atoms with Crippen molar-refractivity contribution >= 4 is 5.95 Å². The standard InChI is InChI=1S/C13H15FN4/c1-3-4-11-16-12(18-13(15)17-11)9-5-8(2)6-10(14)7-9/h5-7H,3-4H2,1-2H3,(H2,15,16,17,18). The maximum Gasteiger partial charge on any atom is 0.223 e. The molecule has 94 valence electrons. The summed E-state index contributed by atoms with van der Waals surface area (Å²) in [6.07, 6.45) is 1.65. The molecule has 0 fully saturated rings. The van der Waals surface area contributed by atoms with E-state index in [9.17, 15) is 4.39 Å². The van der Waals surface area contributed by atoms with Crippen molar-refractivity contribution in [1.82, 2.24) is 15.0 Å². The van der Waals surface area contributed by atoms with Crippen LogP contribution >= 0.6 is 0 Å². The SMILES string of the molecule is CCCc1nc(N)nc(-c2cc(C)cc(F)c2)n1. The molecular weight excluding hydrogens is 231 g/mol. The van der Waals surface area contributed by atoms with Gasteiger partial charge in [0.05, 0.1) is 0 Å². The topological polar surface area (TPSA) is 64.7 Å². The van der Waals surface area contributed by atoms with Gasteiger partial charge in [0.1, 0.15) is 11.6 Å². The molecular formula is C13H15FN4. The average molecular weight is 246 g/mol. The fraction of sp³-hybridized carbons (Fsp3) is 0.308. The Bertz CT molecular complexity index is 549. The van der Waals surface area contributed by atoms with Crippen molar-refractivity contribution in [3.63, 3.8) is 0 Å². The van der Waals surface area contributed by atoms with Crippen LogP contribution in [-0.2, 0) is 6.42 Å². The maximum absolute atomic E-state index is 13.4. The second kappa shape index (κ2) is 5.08. The van der Waals surface area contributed by atoms with E-state index in [1.807, 2.05) is 19.9 Å². The summed E-state index contributed by atoms with van der Waals surface area (Å²) >= 11 is 0. The zero-order valence-electron chi connectivity index (χ0n) is 10.4. The second-order valence-corrected chi connectivity index (χ2v) is 4.20. The van der Waals surface area contributed by atoms with Gasteiger partial charge in [0.25, 0.3) is 0 Å². The van der Waals surface area contributed by atoms with Crippen LogP contribution in [0.3, 0.4) is 0 Å². The van der Waals surface area contributed by atoms with E-state index in [1.54, 1.807) is 0 Å². The van der Waals surface area contributed by atoms with Gasteiger partial charge in [0, 0.05) is 12.0 Å². The summed E-state index contributed by atoms with van der Waals surface area (Å²) in [4.78, 5) is 12.4. The van der Waals surface area contributed by atoms with Crippen molar-refractivity contribution in [3.8, 4) is 11.4 Å². The van der Waals surface area contributed by atoms with Gasteiger partial charge in [-0.2, -0.15) is 9.97 Å². The normalized spacial score (nSPS) is 10.6. The van der Waals surface area contributed by atoms with Crippen LogP contribution in [-0.4, -0.2) is 15.0 Å². The summed E-state index contributed by atoms with van der Waals surface area (Å²) in [7, 11) is 0. The van der Waals surface area contributed by atoms with Crippen molar-refractivity contribution in [2.75, 3.05) is 5.73 Å². The van der Waals surface area contributed by atoms with Crippen LogP contribution in [0.25, 0.3) is 11.4 Å². The molecule has 1 aromatic heterocycles. The highest BCUT2D eigenvalue weighted by atomic mass is 19.1. The number of benzene rings is 1. The molecule has 4 nitrogen and oxygen atoms in total. The fourth-order valence-electron chi connectivity index (χ4n) is 1.77. The molecule has 2 N–H and O–H groups in total. The Hall–Kier alpha value is -2.04. The van der Waals surface area contributed by atoms with Gasteiger partial charge >= 0.3 is 0 Å². The van der Waals surface area contributed by atoms with Crippen molar-refractivity contribution in [2.24, 2.45) is 0 Å². The third-order valence-electron chi connectivity index (χ3n) is 2.47. The van der Waals surface area contributed by atoms with E-state index in [0.29, 0.717) is 17.2 Å². The molecule has 18 heavy (non-hydrogen) atoms. The Labute approximate surface area is 105 Å². The summed E-state index contributed by atoms with van der Waals surface area (Å²) < 4.78 is 13.4. The van der Waals surface area contributed by atoms with Crippen molar-refractivity contribution in [3.05, 3.63) is 35.4 Å². The van der Waals surface area contributed by atoms with Crippen LogP contribution in [0.4, 0.5) is 10.3 Å². The highest BCUT2D eigenvalue weighted by Crippen LogP contribution is 2.19. The summed E-state index contributed by atoms with van der Waals surface area (Å²) in [5.74, 6) is 0.932. The number of nitrogen functional groups attached to an aromatic ring is 1. The van der Waals surface area contributed by atoms with Crippen LogP contribution in [0.1, 0.15) is 24.7 Å². The third-order valence-corrected chi connectivity index (χ3v) is 2.47. The van der Waals surface area contributed by atoms with Crippen molar-refractivity contribution in [1.29, 1.82) is 0 Å². The van der Waals surface area contributed by atoms with Gasteiger partial charge in [-0.25, -0.2) is 9.37 Å². The van der Waals surface area contributed by atoms with Crippen LogP contribution in [0, 0.1) is 12.7 Å². The third kappa shape index (κ3) is 2.80. The minimum absolute atomic E-state index is 0.172. The minimum atomic E-state index is -0.305. The fourth-order valence-corrected chi connectivity index (χ4v) is 1.77. The van der Waals surface area contributed by atoms with E-state index < -0.39 is 0 Å². The number of hydrogen-bond acceptors (Lipinski definition) is 4. The number of aryl methyl sites for hydroxylation is 2. The molecule has 0 saturated heterocycles. The molecule has 2 aromatic rings. The average Bonchev–Trinajstić information content (AvgIpc) is 2.27. The Morgan fingerprint density at radius 2 is 1.94 bits per heavy atom. The highest BCUT2D eigenvalue weighted by molar-refractivity contribution is 5.57.